The molecule has 0 radical (unpaired) electrons. The second-order valence-corrected chi connectivity index (χ2v) is 5.64. The lowest BCUT2D eigenvalue weighted by molar-refractivity contribution is 0.448. The molecule has 0 saturated heterocycles. The quantitative estimate of drug-likeness (QED) is 0.908. The zero-order chi connectivity index (χ0) is 13.9. The van der Waals surface area contributed by atoms with Crippen molar-refractivity contribution in [2.45, 2.75) is 25.4 Å². The molecule has 2 aromatic rings. The van der Waals surface area contributed by atoms with Gasteiger partial charge in [0, 0.05) is 29.2 Å². The molecule has 1 aliphatic rings. The van der Waals surface area contributed by atoms with Gasteiger partial charge in [0.05, 0.1) is 5.69 Å². The number of halogens is 2. The zero-order valence-electron chi connectivity index (χ0n) is 10.6. The van der Waals surface area contributed by atoms with E-state index in [1.807, 2.05) is 6.07 Å². The average Bonchev–Trinajstić information content (AvgIpc) is 3.21. The van der Waals surface area contributed by atoms with Crippen LogP contribution in [0.1, 0.15) is 18.5 Å². The Kier molecular flexibility index (Phi) is 3.93. The molecular formula is C14H13BrFN3O. The van der Waals surface area contributed by atoms with Crippen molar-refractivity contribution in [2.24, 2.45) is 0 Å². The van der Waals surface area contributed by atoms with Crippen molar-refractivity contribution < 1.29 is 9.13 Å². The van der Waals surface area contributed by atoms with Crippen LogP contribution in [0.5, 0.6) is 11.6 Å². The van der Waals surface area contributed by atoms with Crippen LogP contribution in [0.2, 0.25) is 0 Å². The van der Waals surface area contributed by atoms with Gasteiger partial charge in [-0.2, -0.15) is 5.10 Å². The number of benzene rings is 1. The summed E-state index contributed by atoms with van der Waals surface area (Å²) in [6.07, 6.45) is 2.48. The predicted octanol–water partition coefficient (Wildman–Crippen LogP) is 3.42. The lowest BCUT2D eigenvalue weighted by Crippen LogP contribution is -2.16. The van der Waals surface area contributed by atoms with Gasteiger partial charge in [-0.05, 0) is 31.0 Å². The third-order valence-electron chi connectivity index (χ3n) is 2.90. The topological polar surface area (TPSA) is 47.0 Å². The Hall–Kier alpha value is -1.53. The fourth-order valence-electron chi connectivity index (χ4n) is 1.74. The van der Waals surface area contributed by atoms with Crippen LogP contribution in [0.4, 0.5) is 4.39 Å². The van der Waals surface area contributed by atoms with Gasteiger partial charge in [-0.25, -0.2) is 4.39 Å². The van der Waals surface area contributed by atoms with Crippen molar-refractivity contribution in [1.82, 2.24) is 15.5 Å². The van der Waals surface area contributed by atoms with Crippen LogP contribution in [0.25, 0.3) is 0 Å². The van der Waals surface area contributed by atoms with Crippen LogP contribution in [0.15, 0.2) is 34.8 Å². The van der Waals surface area contributed by atoms with E-state index in [9.17, 15) is 4.39 Å². The Balaban J connectivity index is 1.64. The van der Waals surface area contributed by atoms with Gasteiger partial charge in [-0.3, -0.25) is 0 Å². The van der Waals surface area contributed by atoms with E-state index in [4.69, 9.17) is 4.74 Å². The molecule has 3 rings (SSSR count). The lowest BCUT2D eigenvalue weighted by atomic mass is 10.3. The standard InChI is InChI=1S/C14H13BrFN3O/c15-9-5-10(16)7-13(6-9)20-14-4-3-12(18-19-14)8-17-11-1-2-11/h3-7,11,17H,1-2,8H2. The molecule has 1 aromatic carbocycles. The highest BCUT2D eigenvalue weighted by Crippen LogP contribution is 2.24. The summed E-state index contributed by atoms with van der Waals surface area (Å²) in [6, 6.07) is 8.56. The summed E-state index contributed by atoms with van der Waals surface area (Å²) in [5.74, 6) is 0.361. The molecule has 6 heteroatoms. The third-order valence-corrected chi connectivity index (χ3v) is 3.36. The van der Waals surface area contributed by atoms with Gasteiger partial charge in [0.1, 0.15) is 11.6 Å². The number of aromatic nitrogens is 2. The number of hydrogen-bond acceptors (Lipinski definition) is 4. The highest BCUT2D eigenvalue weighted by molar-refractivity contribution is 9.10. The first-order valence-electron chi connectivity index (χ1n) is 6.39. The molecule has 1 fully saturated rings. The monoisotopic (exact) mass is 337 g/mol. The number of ether oxygens (including phenoxy) is 1. The smallest absolute Gasteiger partial charge is 0.238 e. The van der Waals surface area contributed by atoms with Gasteiger partial charge < -0.3 is 10.1 Å². The minimum absolute atomic E-state index is 0.345. The molecule has 0 spiro atoms. The molecule has 20 heavy (non-hydrogen) atoms. The molecule has 0 atom stereocenters. The summed E-state index contributed by atoms with van der Waals surface area (Å²) in [6.45, 7) is 0.712. The fourth-order valence-corrected chi connectivity index (χ4v) is 2.19. The Morgan fingerprint density at radius 3 is 2.75 bits per heavy atom. The Bertz CT molecular complexity index is 582. The van der Waals surface area contributed by atoms with Gasteiger partial charge in [0.25, 0.3) is 0 Å². The average molecular weight is 338 g/mol. The van der Waals surface area contributed by atoms with Crippen molar-refractivity contribution in [1.29, 1.82) is 0 Å². The number of rotatable bonds is 5. The summed E-state index contributed by atoms with van der Waals surface area (Å²) < 4.78 is 19.3. The number of nitrogens with one attached hydrogen (secondary N) is 1. The van der Waals surface area contributed by atoms with Crippen LogP contribution < -0.4 is 10.1 Å². The van der Waals surface area contributed by atoms with E-state index >= 15 is 0 Å². The molecule has 0 aliphatic heterocycles. The Morgan fingerprint density at radius 1 is 1.25 bits per heavy atom. The van der Waals surface area contributed by atoms with E-state index in [-0.39, 0.29) is 5.82 Å². The fraction of sp³-hybridized carbons (Fsp3) is 0.286. The molecule has 1 aromatic heterocycles. The second-order valence-electron chi connectivity index (χ2n) is 4.73. The van der Waals surface area contributed by atoms with E-state index in [1.165, 1.54) is 25.0 Å². The summed E-state index contributed by atoms with van der Waals surface area (Å²) in [5, 5.41) is 11.4. The SMILES string of the molecule is Fc1cc(Br)cc(Oc2ccc(CNC3CC3)nn2)c1. The molecular weight excluding hydrogens is 325 g/mol. The van der Waals surface area contributed by atoms with Gasteiger partial charge in [0.2, 0.25) is 5.88 Å². The first kappa shape index (κ1) is 13.5. The van der Waals surface area contributed by atoms with Crippen molar-refractivity contribution in [3.05, 3.63) is 46.3 Å². The van der Waals surface area contributed by atoms with Crippen LogP contribution >= 0.6 is 15.9 Å². The first-order valence-corrected chi connectivity index (χ1v) is 7.18. The largest absolute Gasteiger partial charge is 0.437 e. The predicted molar refractivity (Wildman–Crippen MR) is 76.1 cm³/mol. The van der Waals surface area contributed by atoms with Crippen molar-refractivity contribution in [2.75, 3.05) is 0 Å². The van der Waals surface area contributed by atoms with E-state index in [2.05, 4.69) is 31.4 Å². The maximum Gasteiger partial charge on any atom is 0.238 e. The van der Waals surface area contributed by atoms with Crippen molar-refractivity contribution in [3.63, 3.8) is 0 Å². The first-order chi connectivity index (χ1) is 9.69. The third kappa shape index (κ3) is 3.74. The summed E-state index contributed by atoms with van der Waals surface area (Å²) in [5.41, 5.74) is 0.865. The van der Waals surface area contributed by atoms with E-state index in [0.29, 0.717) is 28.7 Å². The minimum atomic E-state index is -0.368. The molecule has 0 amide bonds. The van der Waals surface area contributed by atoms with Crippen LogP contribution in [-0.4, -0.2) is 16.2 Å². The van der Waals surface area contributed by atoms with Crippen molar-refractivity contribution >= 4 is 15.9 Å². The minimum Gasteiger partial charge on any atom is -0.437 e. The summed E-state index contributed by atoms with van der Waals surface area (Å²) in [4.78, 5) is 0. The normalized spacial score (nSPS) is 14.3. The highest BCUT2D eigenvalue weighted by Gasteiger charge is 2.20. The van der Waals surface area contributed by atoms with E-state index in [0.717, 1.165) is 5.69 Å². The van der Waals surface area contributed by atoms with E-state index < -0.39 is 0 Å². The summed E-state index contributed by atoms with van der Waals surface area (Å²) in [7, 11) is 0. The maximum absolute atomic E-state index is 13.2. The molecule has 1 N–H and O–H groups in total. The highest BCUT2D eigenvalue weighted by atomic mass is 79.9. The molecule has 0 unspecified atom stereocenters. The number of hydrogen-bond donors (Lipinski definition) is 1. The van der Waals surface area contributed by atoms with Crippen molar-refractivity contribution in [3.8, 4) is 11.6 Å². The Morgan fingerprint density at radius 2 is 2.10 bits per heavy atom. The van der Waals surface area contributed by atoms with E-state index in [1.54, 1.807) is 12.1 Å². The molecule has 0 bridgehead atoms. The molecule has 1 heterocycles. The van der Waals surface area contributed by atoms with Crippen LogP contribution in [0, 0.1) is 5.82 Å². The van der Waals surface area contributed by atoms with Gasteiger partial charge in [-0.1, -0.05) is 15.9 Å². The summed E-state index contributed by atoms with van der Waals surface area (Å²) >= 11 is 3.21. The number of nitrogens with zero attached hydrogens (tertiary/aromatic N) is 2. The maximum atomic E-state index is 13.2. The molecule has 1 aliphatic carbocycles. The molecule has 4 nitrogen and oxygen atoms in total. The van der Waals surface area contributed by atoms with Crippen LogP contribution in [0.3, 0.4) is 0 Å². The van der Waals surface area contributed by atoms with Gasteiger partial charge in [0.15, 0.2) is 0 Å². The van der Waals surface area contributed by atoms with Gasteiger partial charge >= 0.3 is 0 Å². The van der Waals surface area contributed by atoms with Gasteiger partial charge in [-0.15, -0.1) is 5.10 Å². The van der Waals surface area contributed by atoms with Crippen LogP contribution in [-0.2, 0) is 6.54 Å². The lowest BCUT2D eigenvalue weighted by Gasteiger charge is -2.06. The molecule has 104 valence electrons. The zero-order valence-corrected chi connectivity index (χ0v) is 12.2. The molecule has 1 saturated carbocycles. The Labute approximate surface area is 124 Å². The second kappa shape index (κ2) is 5.85.